The van der Waals surface area contributed by atoms with E-state index >= 15 is 0 Å². The van der Waals surface area contributed by atoms with Gasteiger partial charge in [0, 0.05) is 30.5 Å². The van der Waals surface area contributed by atoms with Crippen molar-refractivity contribution >= 4 is 11.6 Å². The maximum absolute atomic E-state index is 6.13. The maximum Gasteiger partial charge on any atom is 0.0631 e. The Labute approximate surface area is 113 Å². The lowest BCUT2D eigenvalue weighted by Gasteiger charge is -2.23. The van der Waals surface area contributed by atoms with Gasteiger partial charge in [-0.15, -0.1) is 11.6 Å². The molecule has 1 aliphatic carbocycles. The molecule has 4 heteroatoms. The second-order valence-electron chi connectivity index (χ2n) is 5.84. The zero-order chi connectivity index (χ0) is 12.4. The van der Waals surface area contributed by atoms with E-state index in [0.717, 1.165) is 26.1 Å². The fraction of sp³-hybridized carbons (Fsp3) is 0.786. The molecule has 0 spiro atoms. The Morgan fingerprint density at radius 2 is 2.28 bits per heavy atom. The minimum atomic E-state index is 0.121. The van der Waals surface area contributed by atoms with Gasteiger partial charge in [0.2, 0.25) is 0 Å². The molecule has 2 fully saturated rings. The van der Waals surface area contributed by atoms with E-state index in [1.54, 1.807) is 0 Å². The molecular formula is C14H21ClN2O. The van der Waals surface area contributed by atoms with Crippen LogP contribution < -0.4 is 0 Å². The first-order chi connectivity index (χ1) is 8.81. The molecule has 1 unspecified atom stereocenters. The SMILES string of the molecule is ClCC1(Cc2ccn(C3CCCC3)n2)CCOC1. The Balaban J connectivity index is 1.69. The van der Waals surface area contributed by atoms with Crippen molar-refractivity contribution in [3.8, 4) is 0 Å². The van der Waals surface area contributed by atoms with Crippen LogP contribution in [0, 0.1) is 5.41 Å². The number of alkyl halides is 1. The number of rotatable bonds is 4. The van der Waals surface area contributed by atoms with Crippen LogP contribution in [0.4, 0.5) is 0 Å². The first-order valence-corrected chi connectivity index (χ1v) is 7.53. The molecule has 0 N–H and O–H groups in total. The Kier molecular flexibility index (Phi) is 3.62. The van der Waals surface area contributed by atoms with Gasteiger partial charge >= 0.3 is 0 Å². The second kappa shape index (κ2) is 5.22. The Morgan fingerprint density at radius 3 is 2.94 bits per heavy atom. The molecule has 3 rings (SSSR count). The summed E-state index contributed by atoms with van der Waals surface area (Å²) < 4.78 is 7.68. The molecule has 100 valence electrons. The van der Waals surface area contributed by atoms with Gasteiger partial charge in [-0.2, -0.15) is 5.10 Å². The van der Waals surface area contributed by atoms with E-state index in [1.165, 1.54) is 31.4 Å². The zero-order valence-corrected chi connectivity index (χ0v) is 11.5. The molecule has 1 aromatic heterocycles. The van der Waals surface area contributed by atoms with E-state index in [4.69, 9.17) is 21.4 Å². The molecule has 2 heterocycles. The molecule has 0 aromatic carbocycles. The van der Waals surface area contributed by atoms with Crippen LogP contribution in [0.1, 0.15) is 43.8 Å². The highest BCUT2D eigenvalue weighted by Crippen LogP contribution is 2.34. The molecule has 0 amide bonds. The standard InChI is InChI=1S/C14H21ClN2O/c15-10-14(6-8-18-11-14)9-12-5-7-17(16-12)13-3-1-2-4-13/h5,7,13H,1-4,6,8-11H2. The molecule has 2 aliphatic rings. The minimum Gasteiger partial charge on any atom is -0.381 e. The van der Waals surface area contributed by atoms with E-state index < -0.39 is 0 Å². The van der Waals surface area contributed by atoms with Gasteiger partial charge in [0.15, 0.2) is 0 Å². The van der Waals surface area contributed by atoms with Crippen molar-refractivity contribution in [1.29, 1.82) is 0 Å². The summed E-state index contributed by atoms with van der Waals surface area (Å²) in [6.07, 6.45) is 9.42. The summed E-state index contributed by atoms with van der Waals surface area (Å²) >= 11 is 6.13. The van der Waals surface area contributed by atoms with E-state index in [9.17, 15) is 0 Å². The molecule has 18 heavy (non-hydrogen) atoms. The fourth-order valence-corrected chi connectivity index (χ4v) is 3.47. The van der Waals surface area contributed by atoms with E-state index in [-0.39, 0.29) is 5.41 Å². The summed E-state index contributed by atoms with van der Waals surface area (Å²) in [5, 5.41) is 4.75. The first-order valence-electron chi connectivity index (χ1n) is 6.99. The highest BCUT2D eigenvalue weighted by atomic mass is 35.5. The summed E-state index contributed by atoms with van der Waals surface area (Å²) in [4.78, 5) is 0. The van der Waals surface area contributed by atoms with Crippen molar-refractivity contribution in [2.45, 2.75) is 44.6 Å². The molecule has 3 nitrogen and oxygen atoms in total. The van der Waals surface area contributed by atoms with Crippen LogP contribution >= 0.6 is 11.6 Å². The first kappa shape index (κ1) is 12.5. The number of hydrogen-bond donors (Lipinski definition) is 0. The average molecular weight is 269 g/mol. The molecule has 1 saturated carbocycles. The second-order valence-corrected chi connectivity index (χ2v) is 6.11. The maximum atomic E-state index is 6.13. The highest BCUT2D eigenvalue weighted by molar-refractivity contribution is 6.18. The van der Waals surface area contributed by atoms with Gasteiger partial charge in [-0.1, -0.05) is 12.8 Å². The van der Waals surface area contributed by atoms with E-state index in [2.05, 4.69) is 16.9 Å². The van der Waals surface area contributed by atoms with Gasteiger partial charge in [-0.25, -0.2) is 0 Å². The van der Waals surface area contributed by atoms with Gasteiger partial charge in [-0.05, 0) is 25.3 Å². The molecule has 1 atom stereocenters. The molecule has 1 aliphatic heterocycles. The highest BCUT2D eigenvalue weighted by Gasteiger charge is 2.35. The molecule has 0 radical (unpaired) electrons. The van der Waals surface area contributed by atoms with Crippen molar-refractivity contribution in [3.05, 3.63) is 18.0 Å². The van der Waals surface area contributed by atoms with Crippen LogP contribution in [0.25, 0.3) is 0 Å². The van der Waals surface area contributed by atoms with Crippen LogP contribution in [0.15, 0.2) is 12.3 Å². The Hall–Kier alpha value is -0.540. The third-order valence-electron chi connectivity index (χ3n) is 4.39. The fourth-order valence-electron chi connectivity index (χ4n) is 3.17. The van der Waals surface area contributed by atoms with Crippen molar-refractivity contribution in [1.82, 2.24) is 9.78 Å². The van der Waals surface area contributed by atoms with E-state index in [0.29, 0.717) is 11.9 Å². The van der Waals surface area contributed by atoms with Crippen LogP contribution in [0.5, 0.6) is 0 Å². The van der Waals surface area contributed by atoms with Gasteiger partial charge in [0.1, 0.15) is 0 Å². The summed E-state index contributed by atoms with van der Waals surface area (Å²) in [7, 11) is 0. The number of aromatic nitrogens is 2. The lowest BCUT2D eigenvalue weighted by molar-refractivity contribution is 0.160. The Morgan fingerprint density at radius 1 is 1.44 bits per heavy atom. The monoisotopic (exact) mass is 268 g/mol. The number of ether oxygens (including phenoxy) is 1. The summed E-state index contributed by atoms with van der Waals surface area (Å²) in [6.45, 7) is 1.63. The smallest absolute Gasteiger partial charge is 0.0631 e. The minimum absolute atomic E-state index is 0.121. The van der Waals surface area contributed by atoms with Gasteiger partial charge in [-0.3, -0.25) is 4.68 Å². The quantitative estimate of drug-likeness (QED) is 0.784. The molecular weight excluding hydrogens is 248 g/mol. The predicted molar refractivity (Wildman–Crippen MR) is 72.0 cm³/mol. The normalized spacial score (nSPS) is 29.2. The molecule has 0 bridgehead atoms. The number of halogens is 1. The van der Waals surface area contributed by atoms with Crippen LogP contribution in [0.2, 0.25) is 0 Å². The Bertz CT molecular complexity index is 392. The largest absolute Gasteiger partial charge is 0.381 e. The van der Waals surface area contributed by atoms with Crippen molar-refractivity contribution in [2.24, 2.45) is 5.41 Å². The average Bonchev–Trinajstić information content (AvgIpc) is 3.10. The number of hydrogen-bond acceptors (Lipinski definition) is 2. The van der Waals surface area contributed by atoms with Crippen LogP contribution in [-0.4, -0.2) is 28.9 Å². The summed E-state index contributed by atoms with van der Waals surface area (Å²) in [5.41, 5.74) is 1.30. The summed E-state index contributed by atoms with van der Waals surface area (Å²) in [6, 6.07) is 2.79. The topological polar surface area (TPSA) is 27.1 Å². The van der Waals surface area contributed by atoms with Crippen molar-refractivity contribution in [3.63, 3.8) is 0 Å². The van der Waals surface area contributed by atoms with Crippen molar-refractivity contribution < 1.29 is 4.74 Å². The predicted octanol–water partition coefficient (Wildman–Crippen LogP) is 3.19. The van der Waals surface area contributed by atoms with Gasteiger partial charge in [0.25, 0.3) is 0 Å². The number of nitrogens with zero attached hydrogens (tertiary/aromatic N) is 2. The molecule has 1 saturated heterocycles. The third-order valence-corrected chi connectivity index (χ3v) is 4.95. The van der Waals surface area contributed by atoms with E-state index in [1.807, 2.05) is 0 Å². The van der Waals surface area contributed by atoms with Crippen LogP contribution in [-0.2, 0) is 11.2 Å². The van der Waals surface area contributed by atoms with Crippen LogP contribution in [0.3, 0.4) is 0 Å². The van der Waals surface area contributed by atoms with Gasteiger partial charge < -0.3 is 4.74 Å². The lowest BCUT2D eigenvalue weighted by atomic mass is 9.85. The third kappa shape index (κ3) is 2.43. The molecule has 1 aromatic rings. The van der Waals surface area contributed by atoms with Gasteiger partial charge in [0.05, 0.1) is 18.3 Å². The van der Waals surface area contributed by atoms with Crippen molar-refractivity contribution in [2.75, 3.05) is 19.1 Å². The summed E-state index contributed by atoms with van der Waals surface area (Å²) in [5.74, 6) is 0.670. The lowest BCUT2D eigenvalue weighted by Crippen LogP contribution is -2.26. The zero-order valence-electron chi connectivity index (χ0n) is 10.8.